The van der Waals surface area contributed by atoms with Crippen molar-refractivity contribution >= 4 is 11.6 Å². The van der Waals surface area contributed by atoms with Crippen LogP contribution in [0.25, 0.3) is 28.3 Å². The number of primary amides is 1. The highest BCUT2D eigenvalue weighted by Gasteiger charge is 2.24. The van der Waals surface area contributed by atoms with Crippen LogP contribution in [0.4, 0.5) is 0 Å². The summed E-state index contributed by atoms with van der Waals surface area (Å²) >= 11 is 0. The Labute approximate surface area is 203 Å². The van der Waals surface area contributed by atoms with Crippen LogP contribution in [-0.2, 0) is 4.79 Å². The number of carbonyl (C=O) groups is 1. The van der Waals surface area contributed by atoms with Crippen molar-refractivity contribution in [1.82, 2.24) is 34.7 Å². The zero-order valence-electron chi connectivity index (χ0n) is 20.2. The summed E-state index contributed by atoms with van der Waals surface area (Å²) in [7, 11) is 1.63. The van der Waals surface area contributed by atoms with Crippen molar-refractivity contribution in [2.45, 2.75) is 38.5 Å². The third-order valence-electron chi connectivity index (χ3n) is 6.70. The average molecular weight is 475 g/mol. The number of hydrogen-bond donors (Lipinski definition) is 2. The van der Waals surface area contributed by atoms with E-state index in [1.54, 1.807) is 11.6 Å². The Bertz CT molecular complexity index is 1330. The third kappa shape index (κ3) is 4.49. The molecule has 0 saturated carbocycles. The van der Waals surface area contributed by atoms with Gasteiger partial charge in [0.15, 0.2) is 11.4 Å². The molecule has 0 radical (unpaired) electrons. The molecule has 0 atom stereocenters. The van der Waals surface area contributed by atoms with Crippen LogP contribution < -0.4 is 10.5 Å². The van der Waals surface area contributed by atoms with E-state index in [4.69, 9.17) is 15.5 Å². The molecule has 5 heterocycles. The van der Waals surface area contributed by atoms with Crippen LogP contribution in [0.1, 0.15) is 49.7 Å². The van der Waals surface area contributed by atoms with Crippen molar-refractivity contribution < 1.29 is 9.53 Å². The maximum absolute atomic E-state index is 11.2. The first-order valence-electron chi connectivity index (χ1n) is 11.9. The smallest absolute Gasteiger partial charge is 0.231 e. The molecule has 0 unspecified atom stereocenters. The van der Waals surface area contributed by atoms with Crippen molar-refractivity contribution in [3.8, 4) is 28.4 Å². The van der Waals surface area contributed by atoms with E-state index in [-0.39, 0.29) is 11.8 Å². The molecule has 4 aromatic rings. The second-order valence-corrected chi connectivity index (χ2v) is 9.33. The fourth-order valence-electron chi connectivity index (χ4n) is 4.94. The number of methoxy groups -OCH3 is 1. The maximum Gasteiger partial charge on any atom is 0.231 e. The Kier molecular flexibility index (Phi) is 6.21. The van der Waals surface area contributed by atoms with Gasteiger partial charge in [0, 0.05) is 23.5 Å². The number of nitrogens with one attached hydrogen (secondary N) is 1. The summed E-state index contributed by atoms with van der Waals surface area (Å²) in [6.45, 7) is 6.37. The Morgan fingerprint density at radius 3 is 2.71 bits per heavy atom. The van der Waals surface area contributed by atoms with Gasteiger partial charge >= 0.3 is 0 Å². The molecular weight excluding hydrogens is 444 g/mol. The van der Waals surface area contributed by atoms with E-state index >= 15 is 0 Å². The van der Waals surface area contributed by atoms with E-state index < -0.39 is 0 Å². The third-order valence-corrected chi connectivity index (χ3v) is 6.70. The molecule has 0 aliphatic carbocycles. The predicted molar refractivity (Wildman–Crippen MR) is 132 cm³/mol. The predicted octanol–water partition coefficient (Wildman–Crippen LogP) is 2.98. The molecule has 35 heavy (non-hydrogen) atoms. The monoisotopic (exact) mass is 474 g/mol. The number of nitrogens with zero attached hydrogens (tertiary/aromatic N) is 6. The molecule has 0 aromatic carbocycles. The zero-order valence-corrected chi connectivity index (χ0v) is 20.2. The van der Waals surface area contributed by atoms with Crippen molar-refractivity contribution in [1.29, 1.82) is 0 Å². The van der Waals surface area contributed by atoms with E-state index in [9.17, 15) is 4.79 Å². The number of ether oxygens (including phenoxy) is 1. The van der Waals surface area contributed by atoms with Crippen molar-refractivity contribution in [3.63, 3.8) is 0 Å². The Balaban J connectivity index is 1.42. The standard InChI is InChI=1S/C25H30N8O2/c1-15(2)22-23(18-10-20(35-3)25-28-14-29-33(25)12-18)30-31-24(22)19-5-4-17(11-27-19)16-6-8-32(9-7-16)13-21(26)34/h4-5,10-12,14-16H,6-9,13H2,1-3H3,(H2,26,34)(H,30,31). The number of rotatable bonds is 7. The molecule has 182 valence electrons. The lowest BCUT2D eigenvalue weighted by molar-refractivity contribution is -0.119. The Morgan fingerprint density at radius 2 is 2.06 bits per heavy atom. The van der Waals surface area contributed by atoms with Crippen LogP contribution in [0, 0.1) is 0 Å². The van der Waals surface area contributed by atoms with Gasteiger partial charge in [-0.15, -0.1) is 0 Å². The lowest BCUT2D eigenvalue weighted by atomic mass is 9.90. The van der Waals surface area contributed by atoms with Gasteiger partial charge in [-0.05, 0) is 55.5 Å². The van der Waals surface area contributed by atoms with Crippen LogP contribution in [0.2, 0.25) is 0 Å². The van der Waals surface area contributed by atoms with Gasteiger partial charge in [0.25, 0.3) is 0 Å². The summed E-state index contributed by atoms with van der Waals surface area (Å²) in [5.74, 6) is 1.03. The highest BCUT2D eigenvalue weighted by atomic mass is 16.5. The molecule has 0 spiro atoms. The second kappa shape index (κ2) is 9.46. The van der Waals surface area contributed by atoms with E-state index in [1.807, 2.05) is 18.5 Å². The molecule has 4 aromatic heterocycles. The van der Waals surface area contributed by atoms with Gasteiger partial charge in [-0.3, -0.25) is 19.8 Å². The minimum Gasteiger partial charge on any atom is -0.493 e. The Hall–Kier alpha value is -3.79. The number of carbonyl (C=O) groups excluding carboxylic acids is 1. The maximum atomic E-state index is 11.2. The first kappa shape index (κ1) is 23.0. The molecule has 1 fully saturated rings. The molecule has 1 aliphatic rings. The number of hydrogen-bond acceptors (Lipinski definition) is 7. The van der Waals surface area contributed by atoms with Crippen LogP contribution >= 0.6 is 0 Å². The van der Waals surface area contributed by atoms with E-state index in [0.717, 1.165) is 54.1 Å². The lowest BCUT2D eigenvalue weighted by Crippen LogP contribution is -2.39. The molecule has 1 aliphatic heterocycles. The highest BCUT2D eigenvalue weighted by Crippen LogP contribution is 2.37. The van der Waals surface area contributed by atoms with Crippen LogP contribution in [0.15, 0.2) is 36.9 Å². The largest absolute Gasteiger partial charge is 0.493 e. The Morgan fingerprint density at radius 1 is 1.26 bits per heavy atom. The lowest BCUT2D eigenvalue weighted by Gasteiger charge is -2.31. The van der Waals surface area contributed by atoms with E-state index in [2.05, 4.69) is 51.2 Å². The van der Waals surface area contributed by atoms with Gasteiger partial charge in [0.2, 0.25) is 5.91 Å². The van der Waals surface area contributed by atoms with Crippen LogP contribution in [0.3, 0.4) is 0 Å². The van der Waals surface area contributed by atoms with Crippen molar-refractivity contribution in [2.75, 3.05) is 26.7 Å². The number of likely N-dealkylation sites (tertiary alicyclic amines) is 1. The van der Waals surface area contributed by atoms with E-state index in [0.29, 0.717) is 23.9 Å². The molecule has 1 saturated heterocycles. The average Bonchev–Trinajstić information content (AvgIpc) is 3.51. The molecule has 5 rings (SSSR count). The van der Waals surface area contributed by atoms with Gasteiger partial charge in [-0.2, -0.15) is 10.2 Å². The molecule has 10 heteroatoms. The van der Waals surface area contributed by atoms with Gasteiger partial charge in [-0.1, -0.05) is 19.9 Å². The number of pyridine rings is 2. The highest BCUT2D eigenvalue weighted by molar-refractivity contribution is 5.76. The molecule has 3 N–H and O–H groups in total. The summed E-state index contributed by atoms with van der Waals surface area (Å²) in [4.78, 5) is 22.4. The first-order chi connectivity index (χ1) is 16.9. The van der Waals surface area contributed by atoms with Crippen LogP contribution in [-0.4, -0.2) is 67.3 Å². The second-order valence-electron chi connectivity index (χ2n) is 9.33. The quantitative estimate of drug-likeness (QED) is 0.421. The summed E-state index contributed by atoms with van der Waals surface area (Å²) in [5, 5.41) is 12.2. The first-order valence-corrected chi connectivity index (χ1v) is 11.9. The summed E-state index contributed by atoms with van der Waals surface area (Å²) < 4.78 is 7.25. The van der Waals surface area contributed by atoms with Gasteiger partial charge in [0.1, 0.15) is 12.0 Å². The summed E-state index contributed by atoms with van der Waals surface area (Å²) in [5.41, 5.74) is 11.8. The number of piperidine rings is 1. The summed E-state index contributed by atoms with van der Waals surface area (Å²) in [6, 6.07) is 6.16. The fourth-order valence-corrected chi connectivity index (χ4v) is 4.94. The number of nitrogens with two attached hydrogens (primary N) is 1. The normalized spacial score (nSPS) is 15.2. The summed E-state index contributed by atoms with van der Waals surface area (Å²) in [6.07, 6.45) is 7.38. The van der Waals surface area contributed by atoms with Crippen molar-refractivity contribution in [3.05, 3.63) is 48.0 Å². The van der Waals surface area contributed by atoms with Crippen LogP contribution in [0.5, 0.6) is 5.75 Å². The topological polar surface area (TPSA) is 127 Å². The van der Waals surface area contributed by atoms with Gasteiger partial charge < -0.3 is 10.5 Å². The number of H-pyrrole nitrogens is 1. The molecular formula is C25H30N8O2. The molecule has 0 bridgehead atoms. The van der Waals surface area contributed by atoms with Gasteiger partial charge in [-0.25, -0.2) is 9.50 Å². The number of fused-ring (bicyclic) bond motifs is 1. The minimum atomic E-state index is -0.270. The SMILES string of the molecule is COc1cc(-c2[nH]nc(-c3ccc(C4CCN(CC(N)=O)CC4)cn3)c2C(C)C)cn2ncnc12. The molecule has 10 nitrogen and oxygen atoms in total. The molecule has 1 amide bonds. The number of aromatic nitrogens is 6. The number of aromatic amines is 1. The zero-order chi connectivity index (χ0) is 24.5. The van der Waals surface area contributed by atoms with E-state index in [1.165, 1.54) is 11.9 Å². The van der Waals surface area contributed by atoms with Crippen molar-refractivity contribution in [2.24, 2.45) is 5.73 Å². The van der Waals surface area contributed by atoms with Gasteiger partial charge in [0.05, 0.1) is 25.0 Å². The fraction of sp³-hybridized carbons (Fsp3) is 0.400. The minimum absolute atomic E-state index is 0.215. The number of amides is 1.